The average Bonchev–Trinajstić information content (AvgIpc) is 2.60. The average molecular weight is 292 g/mol. The summed E-state index contributed by atoms with van der Waals surface area (Å²) in [6.45, 7) is 8.09. The Hall–Kier alpha value is -1.72. The molecule has 0 amide bonds. The molecule has 2 rings (SSSR count). The van der Waals surface area contributed by atoms with Crippen molar-refractivity contribution in [3.8, 4) is 0 Å². The SMILES string of the molecule is COOC(C)c1ccc2c(c1)C(C)(C)C(C)=[N+]2CC(=O)O. The predicted molar refractivity (Wildman–Crippen MR) is 79.1 cm³/mol. The van der Waals surface area contributed by atoms with Gasteiger partial charge in [0.05, 0.1) is 12.5 Å². The highest BCUT2D eigenvalue weighted by molar-refractivity contribution is 5.94. The molecule has 0 spiro atoms. The van der Waals surface area contributed by atoms with E-state index in [-0.39, 0.29) is 18.1 Å². The zero-order valence-electron chi connectivity index (χ0n) is 13.1. The van der Waals surface area contributed by atoms with E-state index in [1.807, 2.05) is 30.6 Å². The van der Waals surface area contributed by atoms with Crippen molar-refractivity contribution < 1.29 is 24.3 Å². The van der Waals surface area contributed by atoms with Crippen molar-refractivity contribution >= 4 is 17.4 Å². The molecule has 1 aromatic rings. The minimum absolute atomic E-state index is 0.0221. The van der Waals surface area contributed by atoms with Gasteiger partial charge in [-0.05, 0) is 38.5 Å². The second kappa shape index (κ2) is 5.58. The van der Waals surface area contributed by atoms with Gasteiger partial charge in [0.2, 0.25) is 12.2 Å². The van der Waals surface area contributed by atoms with Crippen molar-refractivity contribution in [3.05, 3.63) is 29.3 Å². The molecule has 1 unspecified atom stereocenters. The van der Waals surface area contributed by atoms with Gasteiger partial charge in [-0.2, -0.15) is 4.58 Å². The summed E-state index contributed by atoms with van der Waals surface area (Å²) in [7, 11) is 1.49. The van der Waals surface area contributed by atoms with Crippen LogP contribution in [0, 0.1) is 0 Å². The Bertz CT molecular complexity index is 604. The maximum Gasteiger partial charge on any atom is 0.370 e. The largest absolute Gasteiger partial charge is 0.477 e. The van der Waals surface area contributed by atoms with Crippen LogP contribution in [0.3, 0.4) is 0 Å². The number of hydrogen-bond acceptors (Lipinski definition) is 3. The number of nitrogens with zero attached hydrogens (tertiary/aromatic N) is 1. The molecule has 5 heteroatoms. The van der Waals surface area contributed by atoms with Crippen LogP contribution >= 0.6 is 0 Å². The van der Waals surface area contributed by atoms with Crippen LogP contribution in [0.1, 0.15) is 44.9 Å². The fraction of sp³-hybridized carbons (Fsp3) is 0.500. The quantitative estimate of drug-likeness (QED) is 0.515. The monoisotopic (exact) mass is 292 g/mol. The van der Waals surface area contributed by atoms with Crippen LogP contribution < -0.4 is 0 Å². The molecule has 0 radical (unpaired) electrons. The molecule has 0 fully saturated rings. The van der Waals surface area contributed by atoms with E-state index in [0.29, 0.717) is 0 Å². The first-order chi connectivity index (χ1) is 9.78. The molecular formula is C16H22NO4+. The standard InChI is InChI=1S/C16H21NO4/c1-10(21-20-5)12-6-7-14-13(8-12)16(3,4)11(2)17(14)9-15(18)19/h6-8,10H,9H2,1-5H3/p+1. The van der Waals surface area contributed by atoms with Crippen molar-refractivity contribution in [1.82, 2.24) is 0 Å². The third kappa shape index (κ3) is 2.71. The summed E-state index contributed by atoms with van der Waals surface area (Å²) in [6.07, 6.45) is -0.176. The number of benzene rings is 1. The molecule has 5 nitrogen and oxygen atoms in total. The summed E-state index contributed by atoms with van der Waals surface area (Å²) in [5, 5.41) is 9.11. The van der Waals surface area contributed by atoms with Gasteiger partial charge in [0.1, 0.15) is 6.10 Å². The van der Waals surface area contributed by atoms with Crippen molar-refractivity contribution in [2.45, 2.75) is 39.2 Å². The number of fused-ring (bicyclic) bond motifs is 1. The van der Waals surface area contributed by atoms with E-state index < -0.39 is 5.97 Å². The molecule has 1 N–H and O–H groups in total. The summed E-state index contributed by atoms with van der Waals surface area (Å²) in [5.74, 6) is -0.835. The summed E-state index contributed by atoms with van der Waals surface area (Å²) in [5.41, 5.74) is 3.91. The van der Waals surface area contributed by atoms with E-state index in [2.05, 4.69) is 19.9 Å². The Morgan fingerprint density at radius 2 is 2.10 bits per heavy atom. The molecule has 21 heavy (non-hydrogen) atoms. The number of aliphatic carboxylic acids is 1. The molecule has 0 aliphatic carbocycles. The minimum atomic E-state index is -0.835. The summed E-state index contributed by atoms with van der Waals surface area (Å²) in [6, 6.07) is 5.98. The maximum atomic E-state index is 11.1. The first kappa shape index (κ1) is 15.7. The normalized spacial score (nSPS) is 17.8. The van der Waals surface area contributed by atoms with Gasteiger partial charge < -0.3 is 5.11 Å². The van der Waals surface area contributed by atoms with Gasteiger partial charge in [-0.25, -0.2) is 14.6 Å². The van der Waals surface area contributed by atoms with Crippen molar-refractivity contribution in [1.29, 1.82) is 0 Å². The lowest BCUT2D eigenvalue weighted by Gasteiger charge is -2.17. The van der Waals surface area contributed by atoms with Crippen molar-refractivity contribution in [3.63, 3.8) is 0 Å². The maximum absolute atomic E-state index is 11.1. The van der Waals surface area contributed by atoms with E-state index in [0.717, 1.165) is 22.5 Å². The summed E-state index contributed by atoms with van der Waals surface area (Å²) >= 11 is 0. The zero-order valence-corrected chi connectivity index (χ0v) is 13.1. The van der Waals surface area contributed by atoms with Gasteiger partial charge in [-0.15, -0.1) is 0 Å². The molecule has 1 aliphatic heterocycles. The van der Waals surface area contributed by atoms with E-state index >= 15 is 0 Å². The molecule has 0 saturated carbocycles. The Morgan fingerprint density at radius 1 is 1.43 bits per heavy atom. The molecule has 1 aromatic carbocycles. The highest BCUT2D eigenvalue weighted by Crippen LogP contribution is 2.40. The minimum Gasteiger partial charge on any atom is -0.477 e. The molecule has 0 aromatic heterocycles. The van der Waals surface area contributed by atoms with Crippen LogP contribution in [0.2, 0.25) is 0 Å². The lowest BCUT2D eigenvalue weighted by atomic mass is 9.81. The van der Waals surface area contributed by atoms with E-state index in [1.165, 1.54) is 7.11 Å². The van der Waals surface area contributed by atoms with Gasteiger partial charge in [0.25, 0.3) is 0 Å². The van der Waals surface area contributed by atoms with Crippen LogP contribution in [0.4, 0.5) is 5.69 Å². The third-order valence-corrected chi connectivity index (χ3v) is 4.30. The van der Waals surface area contributed by atoms with Crippen LogP contribution in [0.25, 0.3) is 0 Å². The molecule has 0 saturated heterocycles. The van der Waals surface area contributed by atoms with E-state index in [4.69, 9.17) is 14.9 Å². The van der Waals surface area contributed by atoms with Crippen LogP contribution in [0.15, 0.2) is 18.2 Å². The van der Waals surface area contributed by atoms with Gasteiger partial charge in [-0.3, -0.25) is 0 Å². The van der Waals surface area contributed by atoms with E-state index in [1.54, 1.807) is 0 Å². The van der Waals surface area contributed by atoms with Gasteiger partial charge in [-0.1, -0.05) is 0 Å². The molecule has 1 heterocycles. The second-order valence-electron chi connectivity index (χ2n) is 5.87. The first-order valence-electron chi connectivity index (χ1n) is 6.96. The highest BCUT2D eigenvalue weighted by atomic mass is 17.2. The number of carbonyl (C=O) groups is 1. The van der Waals surface area contributed by atoms with E-state index in [9.17, 15) is 4.79 Å². The molecule has 1 atom stereocenters. The Kier molecular flexibility index (Phi) is 4.16. The van der Waals surface area contributed by atoms with Gasteiger partial charge >= 0.3 is 5.97 Å². The van der Waals surface area contributed by atoms with Crippen LogP contribution in [-0.2, 0) is 20.0 Å². The fourth-order valence-corrected chi connectivity index (χ4v) is 2.79. The van der Waals surface area contributed by atoms with Crippen molar-refractivity contribution in [2.24, 2.45) is 0 Å². The predicted octanol–water partition coefficient (Wildman–Crippen LogP) is 2.81. The Balaban J connectivity index is 2.48. The second-order valence-corrected chi connectivity index (χ2v) is 5.87. The number of rotatable bonds is 5. The molecule has 0 bridgehead atoms. The summed E-state index contributed by atoms with van der Waals surface area (Å²) < 4.78 is 1.86. The van der Waals surface area contributed by atoms with Crippen molar-refractivity contribution in [2.75, 3.05) is 13.7 Å². The lowest BCUT2D eigenvalue weighted by molar-refractivity contribution is -0.429. The van der Waals surface area contributed by atoms with Crippen LogP contribution in [-0.4, -0.2) is 35.0 Å². The smallest absolute Gasteiger partial charge is 0.370 e. The summed E-state index contributed by atoms with van der Waals surface area (Å²) in [4.78, 5) is 21.0. The Morgan fingerprint density at radius 3 is 2.67 bits per heavy atom. The third-order valence-electron chi connectivity index (χ3n) is 4.30. The number of hydrogen-bond donors (Lipinski definition) is 1. The molecule has 114 valence electrons. The topological polar surface area (TPSA) is 58.8 Å². The zero-order chi connectivity index (χ0) is 15.8. The lowest BCUT2D eigenvalue weighted by Crippen LogP contribution is -2.28. The Labute approximate surface area is 124 Å². The highest BCUT2D eigenvalue weighted by Gasteiger charge is 2.43. The molecule has 1 aliphatic rings. The van der Waals surface area contributed by atoms with Crippen LogP contribution in [0.5, 0.6) is 0 Å². The first-order valence-corrected chi connectivity index (χ1v) is 6.96. The van der Waals surface area contributed by atoms with Gasteiger partial charge in [0.15, 0.2) is 5.71 Å². The van der Waals surface area contributed by atoms with Gasteiger partial charge in [0, 0.05) is 18.6 Å². The number of carboxylic acids is 1. The number of carboxylic acid groups (broad SMARTS) is 1. The fourth-order valence-electron chi connectivity index (χ4n) is 2.79. The molecular weight excluding hydrogens is 270 g/mol.